The van der Waals surface area contributed by atoms with Crippen LogP contribution in [-0.2, 0) is 9.53 Å². The third-order valence-corrected chi connectivity index (χ3v) is 4.89. The topological polar surface area (TPSA) is 71.6 Å². The molecule has 3 aromatic rings. The highest BCUT2D eigenvalue weighted by atomic mass is 19.1. The molecule has 4 rings (SSSR count). The summed E-state index contributed by atoms with van der Waals surface area (Å²) >= 11 is 0. The van der Waals surface area contributed by atoms with E-state index in [4.69, 9.17) is 9.47 Å². The summed E-state index contributed by atoms with van der Waals surface area (Å²) in [5, 5.41) is 0.902. The summed E-state index contributed by atoms with van der Waals surface area (Å²) in [6.45, 7) is 0.155. The minimum Gasteiger partial charge on any atom is -0.485 e. The molecule has 6 nitrogen and oxygen atoms in total. The van der Waals surface area contributed by atoms with Crippen molar-refractivity contribution in [3.8, 4) is 5.75 Å². The van der Waals surface area contributed by atoms with E-state index >= 15 is 0 Å². The molecular formula is C21H19FN2O4. The first-order chi connectivity index (χ1) is 13.6. The molecule has 144 valence electrons. The molecule has 0 bridgehead atoms. The zero-order valence-electron chi connectivity index (χ0n) is 15.2. The summed E-state index contributed by atoms with van der Waals surface area (Å²) in [6, 6.07) is 14.5. The van der Waals surface area contributed by atoms with Crippen molar-refractivity contribution in [1.29, 1.82) is 0 Å². The number of nitrogens with one attached hydrogen (secondary N) is 1. The number of carbonyl (C=O) groups excluding carboxylic acids is 2. The highest BCUT2D eigenvalue weighted by Gasteiger charge is 2.42. The Morgan fingerprint density at radius 3 is 2.64 bits per heavy atom. The average molecular weight is 382 g/mol. The molecule has 1 aromatic heterocycles. The molecule has 2 heterocycles. The number of ether oxygens (including phenoxy) is 2. The maximum absolute atomic E-state index is 13.9. The van der Waals surface area contributed by atoms with E-state index in [2.05, 4.69) is 4.98 Å². The number of aromatic amines is 1. The minimum absolute atomic E-state index is 0.0935. The molecule has 2 aromatic carbocycles. The van der Waals surface area contributed by atoms with Gasteiger partial charge in [0.25, 0.3) is 5.91 Å². The Bertz CT molecular complexity index is 999. The Kier molecular flexibility index (Phi) is 4.73. The first-order valence-corrected chi connectivity index (χ1v) is 8.94. The molecule has 0 spiro atoms. The standard InChI is InChI=1S/C21H19FN2O4/c1-27-21(26)18-11-14(28-19-9-5-3-7-15(19)22)12-24(18)20(25)17-10-13-6-2-4-8-16(13)23-17/h2-10,14,18,23H,11-12H2,1H3. The van der Waals surface area contributed by atoms with Crippen LogP contribution >= 0.6 is 0 Å². The largest absolute Gasteiger partial charge is 0.485 e. The quantitative estimate of drug-likeness (QED) is 0.704. The van der Waals surface area contributed by atoms with Gasteiger partial charge in [0, 0.05) is 17.3 Å². The molecule has 1 saturated heterocycles. The van der Waals surface area contributed by atoms with Gasteiger partial charge in [0.15, 0.2) is 11.6 Å². The van der Waals surface area contributed by atoms with Crippen LogP contribution in [0.15, 0.2) is 54.6 Å². The first-order valence-electron chi connectivity index (χ1n) is 8.94. The van der Waals surface area contributed by atoms with E-state index in [1.54, 1.807) is 18.2 Å². The van der Waals surface area contributed by atoms with Gasteiger partial charge >= 0.3 is 5.97 Å². The van der Waals surface area contributed by atoms with Crippen LogP contribution < -0.4 is 4.74 Å². The number of hydrogen-bond acceptors (Lipinski definition) is 4. The van der Waals surface area contributed by atoms with Gasteiger partial charge in [0.05, 0.1) is 13.7 Å². The van der Waals surface area contributed by atoms with E-state index in [0.717, 1.165) is 10.9 Å². The van der Waals surface area contributed by atoms with Gasteiger partial charge in [-0.3, -0.25) is 4.79 Å². The molecule has 1 amide bonds. The van der Waals surface area contributed by atoms with Crippen molar-refractivity contribution in [1.82, 2.24) is 9.88 Å². The fourth-order valence-corrected chi connectivity index (χ4v) is 3.53. The van der Waals surface area contributed by atoms with Crippen LogP contribution in [0.2, 0.25) is 0 Å². The Morgan fingerprint density at radius 2 is 1.89 bits per heavy atom. The van der Waals surface area contributed by atoms with E-state index in [-0.39, 0.29) is 24.6 Å². The number of hydrogen-bond donors (Lipinski definition) is 1. The third-order valence-electron chi connectivity index (χ3n) is 4.89. The van der Waals surface area contributed by atoms with Crippen LogP contribution in [0.4, 0.5) is 4.39 Å². The lowest BCUT2D eigenvalue weighted by Crippen LogP contribution is -2.41. The van der Waals surface area contributed by atoms with Gasteiger partial charge in [0.2, 0.25) is 0 Å². The summed E-state index contributed by atoms with van der Waals surface area (Å²) in [5.74, 6) is -1.25. The van der Waals surface area contributed by atoms with Crippen molar-refractivity contribution >= 4 is 22.8 Å². The van der Waals surface area contributed by atoms with Crippen LogP contribution in [0.1, 0.15) is 16.9 Å². The fraction of sp³-hybridized carbons (Fsp3) is 0.238. The van der Waals surface area contributed by atoms with Crippen molar-refractivity contribution in [3.63, 3.8) is 0 Å². The van der Waals surface area contributed by atoms with Gasteiger partial charge in [-0.2, -0.15) is 0 Å². The number of aromatic nitrogens is 1. The predicted molar refractivity (Wildman–Crippen MR) is 101 cm³/mol. The summed E-state index contributed by atoms with van der Waals surface area (Å²) < 4.78 is 24.5. The lowest BCUT2D eigenvalue weighted by Gasteiger charge is -2.21. The highest BCUT2D eigenvalue weighted by molar-refractivity contribution is 6.00. The normalized spacial score (nSPS) is 19.0. The van der Waals surface area contributed by atoms with Crippen molar-refractivity contribution in [3.05, 3.63) is 66.1 Å². The SMILES string of the molecule is COC(=O)C1CC(Oc2ccccc2F)CN1C(=O)c1cc2ccccc2[nH]1. The molecule has 1 fully saturated rings. The molecule has 1 aliphatic heterocycles. The van der Waals surface area contributed by atoms with Crippen LogP contribution in [0.3, 0.4) is 0 Å². The molecule has 28 heavy (non-hydrogen) atoms. The number of rotatable bonds is 4. The number of benzene rings is 2. The zero-order valence-corrected chi connectivity index (χ0v) is 15.2. The van der Waals surface area contributed by atoms with Crippen molar-refractivity contribution in [2.75, 3.05) is 13.7 Å². The second kappa shape index (κ2) is 7.34. The molecule has 2 unspecified atom stereocenters. The van der Waals surface area contributed by atoms with Gasteiger partial charge in [-0.25, -0.2) is 9.18 Å². The molecule has 0 radical (unpaired) electrons. The number of halogens is 1. The van der Waals surface area contributed by atoms with E-state index < -0.39 is 23.9 Å². The minimum atomic E-state index is -0.791. The lowest BCUT2D eigenvalue weighted by molar-refractivity contribution is -0.145. The van der Waals surface area contributed by atoms with Crippen molar-refractivity contribution < 1.29 is 23.5 Å². The number of methoxy groups -OCH3 is 1. The maximum Gasteiger partial charge on any atom is 0.328 e. The van der Waals surface area contributed by atoms with Crippen LogP contribution in [0, 0.1) is 5.82 Å². The number of esters is 1. The summed E-state index contributed by atoms with van der Waals surface area (Å²) in [7, 11) is 1.28. The van der Waals surface area contributed by atoms with Gasteiger partial charge in [-0.1, -0.05) is 30.3 Å². The Hall–Kier alpha value is -3.35. The van der Waals surface area contributed by atoms with Gasteiger partial charge in [-0.05, 0) is 24.3 Å². The molecular weight excluding hydrogens is 363 g/mol. The number of H-pyrrole nitrogens is 1. The molecule has 1 aliphatic rings. The van der Waals surface area contributed by atoms with Crippen LogP contribution in [0.5, 0.6) is 5.75 Å². The fourth-order valence-electron chi connectivity index (χ4n) is 3.53. The second-order valence-corrected chi connectivity index (χ2v) is 6.67. The number of para-hydroxylation sites is 2. The molecule has 7 heteroatoms. The van der Waals surface area contributed by atoms with Crippen LogP contribution in [-0.4, -0.2) is 47.6 Å². The van der Waals surface area contributed by atoms with E-state index in [1.165, 1.54) is 24.1 Å². The van der Waals surface area contributed by atoms with Gasteiger partial charge < -0.3 is 19.4 Å². The predicted octanol–water partition coefficient (Wildman–Crippen LogP) is 3.14. The summed E-state index contributed by atoms with van der Waals surface area (Å²) in [6.07, 6.45) is -0.290. The zero-order chi connectivity index (χ0) is 19.7. The highest BCUT2D eigenvalue weighted by Crippen LogP contribution is 2.27. The molecule has 0 aliphatic carbocycles. The lowest BCUT2D eigenvalue weighted by atomic mass is 10.2. The summed E-state index contributed by atoms with van der Waals surface area (Å²) in [5.41, 5.74) is 1.21. The summed E-state index contributed by atoms with van der Waals surface area (Å²) in [4.78, 5) is 29.8. The maximum atomic E-state index is 13.9. The monoisotopic (exact) mass is 382 g/mol. The first kappa shape index (κ1) is 18.0. The molecule has 2 atom stereocenters. The van der Waals surface area contributed by atoms with E-state index in [0.29, 0.717) is 5.69 Å². The Labute approximate surface area is 160 Å². The molecule has 1 N–H and O–H groups in total. The van der Waals surface area contributed by atoms with E-state index in [1.807, 2.05) is 24.3 Å². The number of likely N-dealkylation sites (tertiary alicyclic amines) is 1. The molecule has 0 saturated carbocycles. The number of fused-ring (bicyclic) bond motifs is 1. The Balaban J connectivity index is 1.59. The average Bonchev–Trinajstić information content (AvgIpc) is 3.33. The number of nitrogens with zero attached hydrogens (tertiary/aromatic N) is 1. The number of amides is 1. The van der Waals surface area contributed by atoms with Gasteiger partial charge in [-0.15, -0.1) is 0 Å². The second-order valence-electron chi connectivity index (χ2n) is 6.67. The third kappa shape index (κ3) is 3.31. The van der Waals surface area contributed by atoms with E-state index in [9.17, 15) is 14.0 Å². The Morgan fingerprint density at radius 1 is 1.14 bits per heavy atom. The number of carbonyl (C=O) groups is 2. The van der Waals surface area contributed by atoms with Crippen molar-refractivity contribution in [2.45, 2.75) is 18.6 Å². The van der Waals surface area contributed by atoms with Crippen LogP contribution in [0.25, 0.3) is 10.9 Å². The van der Waals surface area contributed by atoms with Gasteiger partial charge in [0.1, 0.15) is 17.8 Å². The van der Waals surface area contributed by atoms with Crippen molar-refractivity contribution in [2.24, 2.45) is 0 Å². The smallest absolute Gasteiger partial charge is 0.328 e.